The van der Waals surface area contributed by atoms with Crippen LogP contribution >= 0.6 is 11.6 Å². The molecule has 4 aromatic rings. The number of phenolic OH excluding ortho intramolecular Hbond substituents is 1. The van der Waals surface area contributed by atoms with Gasteiger partial charge in [0, 0.05) is 25.7 Å². The van der Waals surface area contributed by atoms with Crippen molar-refractivity contribution in [3.8, 4) is 11.4 Å². The van der Waals surface area contributed by atoms with E-state index < -0.39 is 44.0 Å². The van der Waals surface area contributed by atoms with Crippen LogP contribution in [-0.2, 0) is 22.6 Å². The minimum atomic E-state index is -4.96. The molecule has 2 aromatic carbocycles. The van der Waals surface area contributed by atoms with E-state index in [1.165, 1.54) is 10.5 Å². The molecule has 1 aliphatic rings. The number of aryl methyl sites for hydroxylation is 1. The molecule has 2 aromatic heterocycles. The lowest BCUT2D eigenvalue weighted by Crippen LogP contribution is -2.56. The lowest BCUT2D eigenvalue weighted by molar-refractivity contribution is -0.137. The standard InChI is InChI=1S/C25H23ClF4N6O3S/c1-14-22-19(36(33-14)18-11-17(25(28,29)30)20(26)23(37)21(18)27)12-31-24(32-22)35-9-8-34(40(2,38)39)13-16(35)10-15-6-4-3-5-7-15/h3-7,11-12,16,37H,8-10,13H2,1-2H3/t16-/m1/s1. The molecule has 1 saturated heterocycles. The van der Waals surface area contributed by atoms with Crippen molar-refractivity contribution in [1.82, 2.24) is 24.1 Å². The highest BCUT2D eigenvalue weighted by molar-refractivity contribution is 7.88. The molecule has 40 heavy (non-hydrogen) atoms. The average molecular weight is 599 g/mol. The second kappa shape index (κ2) is 10.2. The summed E-state index contributed by atoms with van der Waals surface area (Å²) in [5.41, 5.74) is -0.491. The van der Waals surface area contributed by atoms with Gasteiger partial charge in [-0.05, 0) is 25.0 Å². The predicted molar refractivity (Wildman–Crippen MR) is 141 cm³/mol. The largest absolute Gasteiger partial charge is 0.504 e. The zero-order valence-electron chi connectivity index (χ0n) is 21.2. The van der Waals surface area contributed by atoms with Crippen LogP contribution in [0.2, 0.25) is 5.02 Å². The minimum Gasteiger partial charge on any atom is -0.504 e. The number of hydrogen-bond acceptors (Lipinski definition) is 7. The summed E-state index contributed by atoms with van der Waals surface area (Å²) in [5, 5.41) is 13.0. The van der Waals surface area contributed by atoms with E-state index in [-0.39, 0.29) is 48.4 Å². The molecule has 0 saturated carbocycles. The fourth-order valence-electron chi connectivity index (χ4n) is 4.78. The lowest BCUT2D eigenvalue weighted by atomic mass is 10.0. The molecule has 9 nitrogen and oxygen atoms in total. The van der Waals surface area contributed by atoms with E-state index in [0.29, 0.717) is 12.5 Å². The zero-order valence-corrected chi connectivity index (χ0v) is 22.8. The first-order valence-electron chi connectivity index (χ1n) is 12.0. The molecule has 0 spiro atoms. The number of benzene rings is 2. The fraction of sp³-hybridized carbons (Fsp3) is 0.320. The van der Waals surface area contributed by atoms with Crippen molar-refractivity contribution < 1.29 is 31.1 Å². The van der Waals surface area contributed by atoms with Gasteiger partial charge < -0.3 is 10.0 Å². The van der Waals surface area contributed by atoms with Crippen molar-refractivity contribution in [3.63, 3.8) is 0 Å². The van der Waals surface area contributed by atoms with E-state index >= 15 is 0 Å². The molecule has 0 aliphatic carbocycles. The molecule has 0 unspecified atom stereocenters. The fourth-order valence-corrected chi connectivity index (χ4v) is 5.88. The number of sulfonamides is 1. The Balaban J connectivity index is 1.57. The number of nitrogens with zero attached hydrogens (tertiary/aromatic N) is 6. The van der Waals surface area contributed by atoms with Gasteiger partial charge in [-0.3, -0.25) is 0 Å². The molecule has 0 bridgehead atoms. The van der Waals surface area contributed by atoms with Crippen molar-refractivity contribution in [2.75, 3.05) is 30.8 Å². The second-order valence-corrected chi connectivity index (χ2v) is 11.8. The van der Waals surface area contributed by atoms with E-state index in [0.717, 1.165) is 16.5 Å². The van der Waals surface area contributed by atoms with Crippen LogP contribution in [0.4, 0.5) is 23.5 Å². The number of halogens is 5. The number of phenols is 1. The third kappa shape index (κ3) is 5.18. The Hall–Kier alpha value is -3.49. The Kier molecular flexibility index (Phi) is 7.13. The average Bonchev–Trinajstić information content (AvgIpc) is 3.22. The quantitative estimate of drug-likeness (QED) is 0.341. The first-order valence-corrected chi connectivity index (χ1v) is 14.2. The second-order valence-electron chi connectivity index (χ2n) is 9.48. The van der Waals surface area contributed by atoms with Crippen molar-refractivity contribution in [3.05, 3.63) is 70.3 Å². The monoisotopic (exact) mass is 598 g/mol. The van der Waals surface area contributed by atoms with Gasteiger partial charge in [-0.25, -0.2) is 27.5 Å². The molecule has 3 heterocycles. The summed E-state index contributed by atoms with van der Waals surface area (Å²) in [7, 11) is -3.44. The van der Waals surface area contributed by atoms with Gasteiger partial charge in [0.05, 0.1) is 28.7 Å². The number of aromatic nitrogens is 4. The number of aromatic hydroxyl groups is 1. The van der Waals surface area contributed by atoms with Gasteiger partial charge >= 0.3 is 6.18 Å². The van der Waals surface area contributed by atoms with Gasteiger partial charge in [0.2, 0.25) is 16.0 Å². The van der Waals surface area contributed by atoms with E-state index in [1.54, 1.807) is 6.92 Å². The van der Waals surface area contributed by atoms with Crippen molar-refractivity contribution in [2.24, 2.45) is 0 Å². The zero-order chi connectivity index (χ0) is 29.0. The molecule has 0 amide bonds. The van der Waals surface area contributed by atoms with E-state index in [4.69, 9.17) is 11.6 Å². The molecule has 1 N–H and O–H groups in total. The summed E-state index contributed by atoms with van der Waals surface area (Å²) >= 11 is 5.57. The third-order valence-electron chi connectivity index (χ3n) is 6.75. The molecule has 1 aliphatic heterocycles. The molecule has 15 heteroatoms. The lowest BCUT2D eigenvalue weighted by Gasteiger charge is -2.40. The molecule has 1 fully saturated rings. The number of hydrogen-bond donors (Lipinski definition) is 1. The van der Waals surface area contributed by atoms with E-state index in [9.17, 15) is 31.1 Å². The normalized spacial score (nSPS) is 17.1. The number of piperazine rings is 1. The summed E-state index contributed by atoms with van der Waals surface area (Å²) in [6.45, 7) is 2.25. The first kappa shape index (κ1) is 28.1. The van der Waals surface area contributed by atoms with Crippen molar-refractivity contribution >= 4 is 38.6 Å². The maximum Gasteiger partial charge on any atom is 0.418 e. The number of fused-ring (bicyclic) bond motifs is 1. The van der Waals surface area contributed by atoms with Crippen LogP contribution in [-0.4, -0.2) is 69.5 Å². The third-order valence-corrected chi connectivity index (χ3v) is 8.41. The number of rotatable bonds is 5. The van der Waals surface area contributed by atoms with Gasteiger partial charge in [0.15, 0.2) is 11.6 Å². The van der Waals surface area contributed by atoms with Gasteiger partial charge in [-0.15, -0.1) is 0 Å². The predicted octanol–water partition coefficient (Wildman–Crippen LogP) is 4.33. The summed E-state index contributed by atoms with van der Waals surface area (Å²) in [6.07, 6.45) is -2.00. The van der Waals surface area contributed by atoms with Crippen LogP contribution in [0.5, 0.6) is 5.75 Å². The molecular formula is C25H23ClF4N6O3S. The maximum absolute atomic E-state index is 14.9. The highest BCUT2D eigenvalue weighted by Crippen LogP contribution is 2.43. The van der Waals surface area contributed by atoms with Crippen LogP contribution < -0.4 is 4.90 Å². The molecular weight excluding hydrogens is 576 g/mol. The molecule has 1 atom stereocenters. The van der Waals surface area contributed by atoms with Crippen molar-refractivity contribution in [1.29, 1.82) is 0 Å². The van der Waals surface area contributed by atoms with Crippen LogP contribution in [0.1, 0.15) is 16.8 Å². The Morgan fingerprint density at radius 1 is 1.18 bits per heavy atom. The van der Waals surface area contributed by atoms with Gasteiger partial charge in [0.1, 0.15) is 16.7 Å². The first-order chi connectivity index (χ1) is 18.8. The van der Waals surface area contributed by atoms with Crippen LogP contribution in [0.3, 0.4) is 0 Å². The Morgan fingerprint density at radius 3 is 2.52 bits per heavy atom. The van der Waals surface area contributed by atoms with E-state index in [2.05, 4.69) is 15.1 Å². The summed E-state index contributed by atoms with van der Waals surface area (Å²) < 4.78 is 82.3. The molecule has 5 rings (SSSR count). The van der Waals surface area contributed by atoms with Crippen molar-refractivity contribution in [2.45, 2.75) is 25.6 Å². The Morgan fingerprint density at radius 2 is 1.88 bits per heavy atom. The number of anilines is 1. The van der Waals surface area contributed by atoms with Gasteiger partial charge in [0.25, 0.3) is 0 Å². The minimum absolute atomic E-state index is 0.101. The molecule has 212 valence electrons. The van der Waals surface area contributed by atoms with Crippen LogP contribution in [0, 0.1) is 12.7 Å². The Bertz CT molecular complexity index is 1700. The Labute approximate surface area is 231 Å². The highest BCUT2D eigenvalue weighted by Gasteiger charge is 2.37. The van der Waals surface area contributed by atoms with Crippen LogP contribution in [0.15, 0.2) is 42.6 Å². The smallest absolute Gasteiger partial charge is 0.418 e. The summed E-state index contributed by atoms with van der Waals surface area (Å²) in [6, 6.07) is 9.66. The maximum atomic E-state index is 14.9. The topological polar surface area (TPSA) is 104 Å². The van der Waals surface area contributed by atoms with Gasteiger partial charge in [-0.2, -0.15) is 22.6 Å². The summed E-state index contributed by atoms with van der Waals surface area (Å²) in [4.78, 5) is 10.9. The van der Waals surface area contributed by atoms with Crippen LogP contribution in [0.25, 0.3) is 16.7 Å². The SMILES string of the molecule is Cc1nn(-c2cc(C(F)(F)F)c(Cl)c(O)c2F)c2cnc(N3CCN(S(C)(=O)=O)C[C@H]3Cc3ccccc3)nc12. The van der Waals surface area contributed by atoms with Gasteiger partial charge in [-0.1, -0.05) is 41.9 Å². The molecule has 0 radical (unpaired) electrons. The summed E-state index contributed by atoms with van der Waals surface area (Å²) in [5.74, 6) is -2.47. The van der Waals surface area contributed by atoms with E-state index in [1.807, 2.05) is 35.2 Å². The highest BCUT2D eigenvalue weighted by atomic mass is 35.5. The number of alkyl halides is 3.